The number of anilines is 1. The maximum Gasteiger partial charge on any atom is 0.272 e. The van der Waals surface area contributed by atoms with Crippen LogP contribution in [-0.2, 0) is 10.0 Å². The first kappa shape index (κ1) is 16.5. The van der Waals surface area contributed by atoms with Crippen LogP contribution in [0.1, 0.15) is 21.5 Å². The standard InChI is InChI=1S/C21H17NO3S/c1-14-7-10-16(11-8-14)21(23)22-19-12-9-15(2)13-18(19)17-5-3-4-6-20(17)26(22,24)25/h3-13H,1-2H3. The van der Waals surface area contributed by atoms with E-state index in [0.717, 1.165) is 21.0 Å². The molecule has 0 saturated carbocycles. The monoisotopic (exact) mass is 363 g/mol. The molecule has 0 aromatic heterocycles. The van der Waals surface area contributed by atoms with E-state index in [9.17, 15) is 13.2 Å². The normalized spacial score (nSPS) is 14.5. The molecule has 4 nitrogen and oxygen atoms in total. The maximum absolute atomic E-state index is 13.2. The lowest BCUT2D eigenvalue weighted by atomic mass is 10.0. The summed E-state index contributed by atoms with van der Waals surface area (Å²) in [5.74, 6) is -0.551. The maximum atomic E-state index is 13.2. The minimum absolute atomic E-state index is 0.151. The molecule has 0 fully saturated rings. The van der Waals surface area contributed by atoms with Crippen molar-refractivity contribution in [1.29, 1.82) is 0 Å². The number of sulfonamides is 1. The molecule has 1 heterocycles. The Hall–Kier alpha value is -2.92. The van der Waals surface area contributed by atoms with Gasteiger partial charge in [-0.3, -0.25) is 4.79 Å². The summed E-state index contributed by atoms with van der Waals surface area (Å²) >= 11 is 0. The van der Waals surface area contributed by atoms with E-state index in [1.807, 2.05) is 26.0 Å². The Labute approximate surface area is 152 Å². The molecule has 0 aliphatic carbocycles. The Morgan fingerprint density at radius 3 is 2.19 bits per heavy atom. The van der Waals surface area contributed by atoms with E-state index in [2.05, 4.69) is 0 Å². The Balaban J connectivity index is 1.98. The predicted octanol–water partition coefficient (Wildman–Crippen LogP) is 4.32. The molecule has 0 radical (unpaired) electrons. The fourth-order valence-electron chi connectivity index (χ4n) is 3.22. The minimum atomic E-state index is -3.98. The van der Waals surface area contributed by atoms with Crippen LogP contribution in [0.3, 0.4) is 0 Å². The van der Waals surface area contributed by atoms with Crippen molar-refractivity contribution < 1.29 is 13.2 Å². The van der Waals surface area contributed by atoms with E-state index < -0.39 is 15.9 Å². The lowest BCUT2D eigenvalue weighted by molar-refractivity contribution is 0.101. The Morgan fingerprint density at radius 2 is 1.46 bits per heavy atom. The van der Waals surface area contributed by atoms with E-state index >= 15 is 0 Å². The second-order valence-corrected chi connectivity index (χ2v) is 8.21. The molecule has 3 aromatic carbocycles. The third kappa shape index (κ3) is 2.44. The minimum Gasteiger partial charge on any atom is -0.268 e. The molecule has 0 atom stereocenters. The SMILES string of the molecule is Cc1ccc(C(=O)N2c3ccc(C)cc3-c3ccccc3S2(=O)=O)cc1. The quantitative estimate of drug-likeness (QED) is 0.647. The van der Waals surface area contributed by atoms with Gasteiger partial charge in [-0.25, -0.2) is 8.42 Å². The van der Waals surface area contributed by atoms with E-state index in [-0.39, 0.29) is 4.90 Å². The van der Waals surface area contributed by atoms with Gasteiger partial charge in [0.2, 0.25) is 0 Å². The summed E-state index contributed by atoms with van der Waals surface area (Å²) in [6, 6.07) is 19.1. The van der Waals surface area contributed by atoms with Crippen LogP contribution >= 0.6 is 0 Å². The number of carbonyl (C=O) groups is 1. The van der Waals surface area contributed by atoms with Crippen molar-refractivity contribution in [2.24, 2.45) is 0 Å². The second-order valence-electron chi connectivity index (χ2n) is 6.46. The molecule has 1 aliphatic heterocycles. The van der Waals surface area contributed by atoms with E-state index in [1.165, 1.54) is 0 Å². The van der Waals surface area contributed by atoms with E-state index in [0.29, 0.717) is 16.8 Å². The summed E-state index contributed by atoms with van der Waals surface area (Å²) < 4.78 is 27.4. The van der Waals surface area contributed by atoms with Crippen LogP contribution in [-0.4, -0.2) is 14.3 Å². The van der Waals surface area contributed by atoms with Gasteiger partial charge >= 0.3 is 0 Å². The van der Waals surface area contributed by atoms with Crippen LogP contribution in [0.25, 0.3) is 11.1 Å². The number of hydrogen-bond acceptors (Lipinski definition) is 3. The largest absolute Gasteiger partial charge is 0.272 e. The molecular weight excluding hydrogens is 346 g/mol. The smallest absolute Gasteiger partial charge is 0.268 e. The number of rotatable bonds is 1. The van der Waals surface area contributed by atoms with Crippen molar-refractivity contribution in [3.05, 3.63) is 83.4 Å². The number of amides is 1. The molecule has 0 saturated heterocycles. The average Bonchev–Trinajstić information content (AvgIpc) is 2.63. The van der Waals surface area contributed by atoms with Crippen molar-refractivity contribution in [3.8, 4) is 11.1 Å². The van der Waals surface area contributed by atoms with Crippen LogP contribution in [0.15, 0.2) is 71.6 Å². The van der Waals surface area contributed by atoms with Gasteiger partial charge in [-0.2, -0.15) is 4.31 Å². The van der Waals surface area contributed by atoms with Gasteiger partial charge in [0.05, 0.1) is 10.6 Å². The van der Waals surface area contributed by atoms with Gasteiger partial charge in [0.1, 0.15) is 0 Å². The van der Waals surface area contributed by atoms with Crippen LogP contribution < -0.4 is 4.31 Å². The van der Waals surface area contributed by atoms with Gasteiger partial charge in [-0.15, -0.1) is 0 Å². The second kappa shape index (κ2) is 5.81. The highest BCUT2D eigenvalue weighted by Crippen LogP contribution is 2.43. The van der Waals surface area contributed by atoms with Crippen molar-refractivity contribution in [3.63, 3.8) is 0 Å². The summed E-state index contributed by atoms with van der Waals surface area (Å²) in [5.41, 5.74) is 4.10. The first-order chi connectivity index (χ1) is 12.4. The Bertz CT molecular complexity index is 1130. The van der Waals surface area contributed by atoms with Crippen molar-refractivity contribution in [2.45, 2.75) is 18.7 Å². The number of aryl methyl sites for hydroxylation is 2. The molecule has 26 heavy (non-hydrogen) atoms. The number of carbonyl (C=O) groups excluding carboxylic acids is 1. The summed E-state index contributed by atoms with van der Waals surface area (Å²) in [5, 5.41) is 0. The highest BCUT2D eigenvalue weighted by molar-refractivity contribution is 7.93. The molecule has 4 rings (SSSR count). The topological polar surface area (TPSA) is 54.5 Å². The van der Waals surface area contributed by atoms with Gasteiger partial charge in [-0.1, -0.05) is 47.5 Å². The highest BCUT2D eigenvalue weighted by Gasteiger charge is 2.39. The van der Waals surface area contributed by atoms with Gasteiger partial charge < -0.3 is 0 Å². The predicted molar refractivity (Wildman–Crippen MR) is 102 cm³/mol. The molecule has 0 spiro atoms. The highest BCUT2D eigenvalue weighted by atomic mass is 32.2. The van der Waals surface area contributed by atoms with Crippen LogP contribution in [0.4, 0.5) is 5.69 Å². The summed E-state index contributed by atoms with van der Waals surface area (Å²) in [6.45, 7) is 3.86. The zero-order chi connectivity index (χ0) is 18.5. The summed E-state index contributed by atoms with van der Waals surface area (Å²) in [7, 11) is -3.98. The average molecular weight is 363 g/mol. The number of hydrogen-bond donors (Lipinski definition) is 0. The van der Waals surface area contributed by atoms with Gasteiger partial charge in [-0.05, 0) is 44.2 Å². The van der Waals surface area contributed by atoms with Crippen molar-refractivity contribution in [2.75, 3.05) is 4.31 Å². The molecule has 0 bridgehead atoms. The Kier molecular flexibility index (Phi) is 3.70. The zero-order valence-electron chi connectivity index (χ0n) is 14.4. The molecule has 0 unspecified atom stereocenters. The summed E-state index contributed by atoms with van der Waals surface area (Å²) in [4.78, 5) is 13.3. The van der Waals surface area contributed by atoms with E-state index in [1.54, 1.807) is 54.6 Å². The molecular formula is C21H17NO3S. The first-order valence-corrected chi connectivity index (χ1v) is 9.70. The van der Waals surface area contributed by atoms with Gasteiger partial charge in [0.25, 0.3) is 15.9 Å². The third-order valence-corrected chi connectivity index (χ3v) is 6.30. The number of benzene rings is 3. The molecule has 3 aromatic rings. The Morgan fingerprint density at radius 1 is 0.808 bits per heavy atom. The van der Waals surface area contributed by atoms with Crippen molar-refractivity contribution in [1.82, 2.24) is 0 Å². The van der Waals surface area contributed by atoms with Gasteiger partial charge in [0, 0.05) is 16.7 Å². The molecule has 5 heteroatoms. The summed E-state index contributed by atoms with van der Waals surface area (Å²) in [6.07, 6.45) is 0. The molecule has 1 aliphatic rings. The fraction of sp³-hybridized carbons (Fsp3) is 0.0952. The number of fused-ring (bicyclic) bond motifs is 3. The molecule has 0 N–H and O–H groups in total. The van der Waals surface area contributed by atoms with Crippen molar-refractivity contribution >= 4 is 21.6 Å². The van der Waals surface area contributed by atoms with Gasteiger partial charge in [0.15, 0.2) is 0 Å². The van der Waals surface area contributed by atoms with Crippen LogP contribution in [0.5, 0.6) is 0 Å². The number of nitrogens with zero attached hydrogens (tertiary/aromatic N) is 1. The zero-order valence-corrected chi connectivity index (χ0v) is 15.2. The lowest BCUT2D eigenvalue weighted by Crippen LogP contribution is -2.39. The van der Waals surface area contributed by atoms with E-state index in [4.69, 9.17) is 0 Å². The fourth-order valence-corrected chi connectivity index (χ4v) is 4.86. The molecule has 1 amide bonds. The lowest BCUT2D eigenvalue weighted by Gasteiger charge is -2.30. The molecule has 130 valence electrons. The van der Waals surface area contributed by atoms with Crippen LogP contribution in [0, 0.1) is 13.8 Å². The van der Waals surface area contributed by atoms with Crippen LogP contribution in [0.2, 0.25) is 0 Å². The third-order valence-electron chi connectivity index (χ3n) is 4.55. The first-order valence-electron chi connectivity index (χ1n) is 8.26.